The van der Waals surface area contributed by atoms with Crippen LogP contribution in [0.1, 0.15) is 12.8 Å². The number of halogens is 1. The lowest BCUT2D eigenvalue weighted by Gasteiger charge is -2.27. The number of fused-ring (bicyclic) bond motifs is 1. The fourth-order valence-electron chi connectivity index (χ4n) is 5.71. The van der Waals surface area contributed by atoms with Gasteiger partial charge >= 0.3 is 0 Å². The second-order valence-electron chi connectivity index (χ2n) is 9.95. The topological polar surface area (TPSA) is 115 Å². The van der Waals surface area contributed by atoms with Crippen LogP contribution in [-0.4, -0.2) is 60.8 Å². The summed E-state index contributed by atoms with van der Waals surface area (Å²) in [7, 11) is 0. The van der Waals surface area contributed by atoms with E-state index in [4.69, 9.17) is 27.3 Å². The Labute approximate surface area is 224 Å². The summed E-state index contributed by atoms with van der Waals surface area (Å²) in [6.07, 6.45) is 5.23. The van der Waals surface area contributed by atoms with Crippen molar-refractivity contribution in [2.45, 2.75) is 12.8 Å². The minimum absolute atomic E-state index is 0.0878. The third-order valence-electron chi connectivity index (χ3n) is 7.58. The largest absolute Gasteiger partial charge is 0.383 e. The number of hydrogen-bond acceptors (Lipinski definition) is 9. The molecule has 0 radical (unpaired) electrons. The molecule has 1 atom stereocenters. The maximum absolute atomic E-state index is 6.33. The zero-order chi connectivity index (χ0) is 25.7. The highest BCUT2D eigenvalue weighted by atomic mass is 35.5. The molecular formula is C27H25ClN10. The Morgan fingerprint density at radius 1 is 0.842 bits per heavy atom. The van der Waals surface area contributed by atoms with Gasteiger partial charge in [-0.05, 0) is 48.7 Å². The molecule has 2 saturated heterocycles. The normalized spacial score (nSPS) is 19.2. The molecule has 0 bridgehead atoms. The minimum Gasteiger partial charge on any atom is -0.383 e. The molecule has 11 heteroatoms. The second kappa shape index (κ2) is 8.91. The van der Waals surface area contributed by atoms with Gasteiger partial charge in [-0.15, -0.1) is 0 Å². The van der Waals surface area contributed by atoms with Crippen LogP contribution in [-0.2, 0) is 0 Å². The van der Waals surface area contributed by atoms with E-state index in [0.717, 1.165) is 72.8 Å². The van der Waals surface area contributed by atoms with Crippen molar-refractivity contribution in [2.24, 2.45) is 5.41 Å². The van der Waals surface area contributed by atoms with E-state index in [9.17, 15) is 0 Å². The average molecular weight is 525 g/mol. The smallest absolute Gasteiger partial charge is 0.229 e. The Morgan fingerprint density at radius 3 is 2.55 bits per heavy atom. The van der Waals surface area contributed by atoms with Crippen molar-refractivity contribution >= 4 is 34.5 Å². The van der Waals surface area contributed by atoms with Crippen LogP contribution in [0, 0.1) is 5.41 Å². The number of benzene rings is 1. The summed E-state index contributed by atoms with van der Waals surface area (Å²) in [5.41, 5.74) is 10.8. The molecule has 5 aromatic rings. The first-order valence-electron chi connectivity index (χ1n) is 12.6. The molecule has 2 fully saturated rings. The number of pyridine rings is 2. The molecule has 0 amide bonds. The summed E-state index contributed by atoms with van der Waals surface area (Å²) < 4.78 is 2.15. The molecule has 1 spiro atoms. The number of hydrogen-bond donors (Lipinski definition) is 1. The van der Waals surface area contributed by atoms with E-state index in [1.165, 1.54) is 6.33 Å². The van der Waals surface area contributed by atoms with E-state index in [2.05, 4.69) is 46.7 Å². The van der Waals surface area contributed by atoms with Gasteiger partial charge < -0.3 is 15.6 Å². The Morgan fingerprint density at radius 2 is 1.71 bits per heavy atom. The van der Waals surface area contributed by atoms with Crippen molar-refractivity contribution in [3.63, 3.8) is 0 Å². The fraction of sp³-hybridized carbons (Fsp3) is 0.259. The van der Waals surface area contributed by atoms with E-state index in [1.807, 2.05) is 42.5 Å². The summed E-state index contributed by atoms with van der Waals surface area (Å²) in [6.45, 7) is 3.43. The fourth-order valence-corrected chi connectivity index (χ4v) is 5.83. The summed E-state index contributed by atoms with van der Waals surface area (Å²) >= 11 is 6.04. The second-order valence-corrected chi connectivity index (χ2v) is 10.3. The molecule has 1 aromatic carbocycles. The van der Waals surface area contributed by atoms with E-state index in [0.29, 0.717) is 11.8 Å². The summed E-state index contributed by atoms with van der Waals surface area (Å²) in [6, 6.07) is 18.1. The van der Waals surface area contributed by atoms with Gasteiger partial charge in [-0.3, -0.25) is 0 Å². The zero-order valence-electron chi connectivity index (χ0n) is 20.6. The number of nitrogens with two attached hydrogens (primary N) is 1. The van der Waals surface area contributed by atoms with Gasteiger partial charge in [0.2, 0.25) is 11.2 Å². The Hall–Kier alpha value is -4.31. The Kier molecular flexibility index (Phi) is 5.36. The van der Waals surface area contributed by atoms with Gasteiger partial charge in [-0.25, -0.2) is 29.6 Å². The quantitative estimate of drug-likeness (QED) is 0.374. The number of nitrogens with zero attached hydrogens (tertiary/aromatic N) is 9. The monoisotopic (exact) mass is 524 g/mol. The molecule has 7 rings (SSSR count). The SMILES string of the molecule is Nc1ncccc1-c1nc2ccc(-c3ccccc3)nc2n1N1CC[C@]2(CCN(c3ncnc(Cl)n3)C2)C1. The minimum atomic E-state index is 0.0878. The highest BCUT2D eigenvalue weighted by Gasteiger charge is 2.45. The first-order chi connectivity index (χ1) is 18.6. The molecule has 6 heterocycles. The number of nitrogen functional groups attached to an aromatic ring is 1. The lowest BCUT2D eigenvalue weighted by molar-refractivity contribution is 0.368. The average Bonchev–Trinajstić information content (AvgIpc) is 3.66. The van der Waals surface area contributed by atoms with Crippen LogP contribution in [0.25, 0.3) is 33.8 Å². The van der Waals surface area contributed by atoms with Crippen molar-refractivity contribution in [3.8, 4) is 22.6 Å². The molecule has 0 aliphatic carbocycles. The highest BCUT2D eigenvalue weighted by Crippen LogP contribution is 2.41. The maximum Gasteiger partial charge on any atom is 0.229 e. The molecule has 190 valence electrons. The van der Waals surface area contributed by atoms with Crippen molar-refractivity contribution < 1.29 is 0 Å². The summed E-state index contributed by atoms with van der Waals surface area (Å²) in [4.78, 5) is 29.2. The van der Waals surface area contributed by atoms with Crippen LogP contribution in [0.15, 0.2) is 67.1 Å². The molecule has 10 nitrogen and oxygen atoms in total. The number of aromatic nitrogens is 7. The van der Waals surface area contributed by atoms with Crippen LogP contribution in [0.4, 0.5) is 11.8 Å². The van der Waals surface area contributed by atoms with Crippen LogP contribution in [0.3, 0.4) is 0 Å². The van der Waals surface area contributed by atoms with Crippen LogP contribution in [0.2, 0.25) is 5.28 Å². The zero-order valence-corrected chi connectivity index (χ0v) is 21.3. The van der Waals surface area contributed by atoms with Gasteiger partial charge in [0.15, 0.2) is 11.5 Å². The predicted molar refractivity (Wildman–Crippen MR) is 147 cm³/mol. The summed E-state index contributed by atoms with van der Waals surface area (Å²) in [5, 5.41) is 2.57. The molecule has 4 aromatic heterocycles. The van der Waals surface area contributed by atoms with Crippen molar-refractivity contribution in [1.29, 1.82) is 0 Å². The molecule has 2 aliphatic rings. The molecule has 2 aliphatic heterocycles. The maximum atomic E-state index is 6.33. The number of anilines is 2. The van der Waals surface area contributed by atoms with E-state index >= 15 is 0 Å². The Balaban J connectivity index is 1.29. The van der Waals surface area contributed by atoms with E-state index in [-0.39, 0.29) is 10.7 Å². The molecule has 0 unspecified atom stereocenters. The first-order valence-corrected chi connectivity index (χ1v) is 13.0. The predicted octanol–water partition coefficient (Wildman–Crippen LogP) is 3.82. The third-order valence-corrected chi connectivity index (χ3v) is 7.77. The molecule has 38 heavy (non-hydrogen) atoms. The molecule has 0 saturated carbocycles. The number of imidazole rings is 1. The molecule has 2 N–H and O–H groups in total. The summed E-state index contributed by atoms with van der Waals surface area (Å²) in [5.74, 6) is 1.82. The third kappa shape index (κ3) is 3.88. The van der Waals surface area contributed by atoms with Crippen molar-refractivity contribution in [2.75, 3.05) is 41.8 Å². The first kappa shape index (κ1) is 22.9. The van der Waals surface area contributed by atoms with Crippen LogP contribution < -0.4 is 15.6 Å². The molecular weight excluding hydrogens is 500 g/mol. The standard InChI is InChI=1S/C27H25ClN10/c28-25-31-17-32-26(35-25)36-13-10-27(15-36)11-14-37(16-27)38-23(19-7-4-12-30-22(19)29)34-21-9-8-20(33-24(21)38)18-5-2-1-3-6-18/h1-9,12,17H,10-11,13-16H2,(H2,29,30)/t27-/m0/s1. The van der Waals surface area contributed by atoms with Gasteiger partial charge in [-0.1, -0.05) is 30.3 Å². The number of rotatable bonds is 4. The van der Waals surface area contributed by atoms with Gasteiger partial charge in [0.05, 0.1) is 11.3 Å². The van der Waals surface area contributed by atoms with Gasteiger partial charge in [0.1, 0.15) is 17.7 Å². The lowest BCUT2D eigenvalue weighted by atomic mass is 9.86. The van der Waals surface area contributed by atoms with Crippen LogP contribution >= 0.6 is 11.6 Å². The lowest BCUT2D eigenvalue weighted by Crippen LogP contribution is -2.37. The van der Waals surface area contributed by atoms with Gasteiger partial charge in [-0.2, -0.15) is 4.98 Å². The van der Waals surface area contributed by atoms with Crippen molar-refractivity contribution in [1.82, 2.24) is 34.6 Å². The van der Waals surface area contributed by atoms with Gasteiger partial charge in [0.25, 0.3) is 0 Å². The van der Waals surface area contributed by atoms with Crippen molar-refractivity contribution in [3.05, 3.63) is 72.4 Å². The Bertz CT molecular complexity index is 1640. The van der Waals surface area contributed by atoms with E-state index in [1.54, 1.807) is 6.20 Å². The van der Waals surface area contributed by atoms with Gasteiger partial charge in [0, 0.05) is 43.4 Å². The highest BCUT2D eigenvalue weighted by molar-refractivity contribution is 6.28. The van der Waals surface area contributed by atoms with Crippen LogP contribution in [0.5, 0.6) is 0 Å². The van der Waals surface area contributed by atoms with E-state index < -0.39 is 0 Å².